The number of nitrogens with zero attached hydrogens (tertiary/aromatic N) is 2. The molecule has 154 valence electrons. The molecule has 8 heteroatoms. The minimum atomic E-state index is -4.54. The fraction of sp³-hybridized carbons (Fsp3) is 0.273. The van der Waals surface area contributed by atoms with Crippen LogP contribution in [-0.4, -0.2) is 34.3 Å². The van der Waals surface area contributed by atoms with Crippen LogP contribution in [0.2, 0.25) is 0 Å². The van der Waals surface area contributed by atoms with Crippen LogP contribution in [0.5, 0.6) is 0 Å². The Morgan fingerprint density at radius 1 is 1.03 bits per heavy atom. The van der Waals surface area contributed by atoms with Crippen LogP contribution in [0.4, 0.5) is 18.9 Å². The molecule has 0 spiro atoms. The monoisotopic (exact) mass is 413 g/mol. The maximum atomic E-state index is 13.0. The van der Waals surface area contributed by atoms with Crippen molar-refractivity contribution >= 4 is 28.4 Å². The predicted octanol–water partition coefficient (Wildman–Crippen LogP) is 3.88. The van der Waals surface area contributed by atoms with Crippen LogP contribution in [-0.2, 0) is 28.7 Å². The number of fused-ring (bicyclic) bond motifs is 3. The first-order valence-electron chi connectivity index (χ1n) is 9.69. The maximum Gasteiger partial charge on any atom is 0.416 e. The van der Waals surface area contributed by atoms with Gasteiger partial charge in [0.15, 0.2) is 0 Å². The summed E-state index contributed by atoms with van der Waals surface area (Å²) in [4.78, 5) is 31.8. The van der Waals surface area contributed by atoms with Gasteiger partial charge in [0.25, 0.3) is 5.91 Å². The highest BCUT2D eigenvalue weighted by molar-refractivity contribution is 6.22. The first-order chi connectivity index (χ1) is 14.3. The molecule has 1 aromatic heterocycles. The van der Waals surface area contributed by atoms with Gasteiger partial charge < -0.3 is 4.98 Å². The van der Waals surface area contributed by atoms with Crippen LogP contribution in [0.1, 0.15) is 23.2 Å². The van der Waals surface area contributed by atoms with Gasteiger partial charge in [0.2, 0.25) is 5.91 Å². The van der Waals surface area contributed by atoms with Crippen LogP contribution in [0.25, 0.3) is 10.9 Å². The standard InChI is InChI=1S/C22H18F3N3O2/c23-22(24,25)13-4-3-5-14(10-13)28-20(29)11-19(21(28)30)27-9-8-16-15-6-1-2-7-17(15)26-18(16)12-27/h1-7,10,19,26H,8-9,11-12H2/t19-/m0/s1. The lowest BCUT2D eigenvalue weighted by Crippen LogP contribution is -2.44. The molecule has 2 aliphatic rings. The largest absolute Gasteiger partial charge is 0.416 e. The van der Waals surface area contributed by atoms with Gasteiger partial charge >= 0.3 is 6.18 Å². The number of hydrogen-bond acceptors (Lipinski definition) is 3. The number of aromatic nitrogens is 1. The van der Waals surface area contributed by atoms with Gasteiger partial charge in [0, 0.05) is 29.7 Å². The number of imide groups is 1. The van der Waals surface area contributed by atoms with Crippen molar-refractivity contribution in [2.45, 2.75) is 31.6 Å². The average molecular weight is 413 g/mol. The van der Waals surface area contributed by atoms with Crippen LogP contribution >= 0.6 is 0 Å². The fourth-order valence-corrected chi connectivity index (χ4v) is 4.47. The normalized spacial score (nSPS) is 20.2. The molecule has 5 nitrogen and oxygen atoms in total. The van der Waals surface area contributed by atoms with E-state index in [9.17, 15) is 22.8 Å². The molecular weight excluding hydrogens is 395 g/mol. The minimum Gasteiger partial charge on any atom is -0.357 e. The number of rotatable bonds is 2. The van der Waals surface area contributed by atoms with E-state index in [1.165, 1.54) is 17.7 Å². The molecule has 3 heterocycles. The molecule has 2 amide bonds. The number of benzene rings is 2. The minimum absolute atomic E-state index is 0.0364. The van der Waals surface area contributed by atoms with Crippen molar-refractivity contribution in [2.75, 3.05) is 11.4 Å². The van der Waals surface area contributed by atoms with E-state index in [-0.39, 0.29) is 12.1 Å². The van der Waals surface area contributed by atoms with E-state index in [2.05, 4.69) is 11.1 Å². The zero-order valence-corrected chi connectivity index (χ0v) is 15.9. The summed E-state index contributed by atoms with van der Waals surface area (Å²) in [5, 5.41) is 1.16. The Kier molecular flexibility index (Phi) is 4.21. The van der Waals surface area contributed by atoms with Crippen LogP contribution in [0.15, 0.2) is 48.5 Å². The van der Waals surface area contributed by atoms with Gasteiger partial charge in [0.05, 0.1) is 23.7 Å². The van der Waals surface area contributed by atoms with E-state index in [1.807, 2.05) is 23.1 Å². The molecule has 3 aromatic rings. The molecule has 0 saturated carbocycles. The number of H-pyrrole nitrogens is 1. The summed E-state index contributed by atoms with van der Waals surface area (Å²) >= 11 is 0. The zero-order chi connectivity index (χ0) is 21.0. The third-order valence-electron chi connectivity index (χ3n) is 5.91. The van der Waals surface area contributed by atoms with Crippen LogP contribution in [0, 0.1) is 0 Å². The number of aromatic amines is 1. The molecule has 1 saturated heterocycles. The maximum absolute atomic E-state index is 13.0. The summed E-state index contributed by atoms with van der Waals surface area (Å²) in [6.45, 7) is 1.10. The number of amides is 2. The molecule has 2 aliphatic heterocycles. The number of carbonyl (C=O) groups excluding carboxylic acids is 2. The van der Waals surface area contributed by atoms with Crippen molar-refractivity contribution in [1.29, 1.82) is 0 Å². The van der Waals surface area contributed by atoms with Gasteiger partial charge in [0.1, 0.15) is 0 Å². The van der Waals surface area contributed by atoms with E-state index in [0.29, 0.717) is 13.1 Å². The Morgan fingerprint density at radius 3 is 2.63 bits per heavy atom. The lowest BCUT2D eigenvalue weighted by atomic mass is 10.0. The predicted molar refractivity (Wildman–Crippen MR) is 105 cm³/mol. The molecule has 5 rings (SSSR count). The second-order valence-electron chi connectivity index (χ2n) is 7.68. The number of hydrogen-bond donors (Lipinski definition) is 1. The van der Waals surface area contributed by atoms with Gasteiger partial charge in [-0.15, -0.1) is 0 Å². The molecule has 0 aliphatic carbocycles. The van der Waals surface area contributed by atoms with E-state index in [0.717, 1.165) is 40.1 Å². The molecule has 1 atom stereocenters. The number of para-hydroxylation sites is 1. The second kappa shape index (κ2) is 6.70. The third-order valence-corrected chi connectivity index (χ3v) is 5.91. The van der Waals surface area contributed by atoms with E-state index in [4.69, 9.17) is 0 Å². The third kappa shape index (κ3) is 2.99. The SMILES string of the molecule is O=C1C[C@H](N2CCc3c([nH]c4ccccc34)C2)C(=O)N1c1cccc(C(F)(F)F)c1. The van der Waals surface area contributed by atoms with Gasteiger partial charge in [-0.05, 0) is 36.2 Å². The molecule has 1 fully saturated rings. The van der Waals surface area contributed by atoms with Gasteiger partial charge in [-0.1, -0.05) is 24.3 Å². The Labute approximate surface area is 170 Å². The Hall–Kier alpha value is -3.13. The summed E-state index contributed by atoms with van der Waals surface area (Å²) in [6.07, 6.45) is -3.84. The Bertz CT molecular complexity index is 1170. The lowest BCUT2D eigenvalue weighted by molar-refractivity contribution is -0.137. The average Bonchev–Trinajstić information content (AvgIpc) is 3.23. The summed E-state index contributed by atoms with van der Waals surface area (Å²) < 4.78 is 39.1. The number of nitrogens with one attached hydrogen (secondary N) is 1. The van der Waals surface area contributed by atoms with Gasteiger partial charge in [-0.25, -0.2) is 4.90 Å². The van der Waals surface area contributed by atoms with Crippen molar-refractivity contribution in [3.63, 3.8) is 0 Å². The van der Waals surface area contributed by atoms with Crippen LogP contribution < -0.4 is 4.90 Å². The number of alkyl halides is 3. The quantitative estimate of drug-likeness (QED) is 0.649. The molecular formula is C22H18F3N3O2. The van der Waals surface area contributed by atoms with E-state index < -0.39 is 29.6 Å². The van der Waals surface area contributed by atoms with Crippen molar-refractivity contribution in [3.8, 4) is 0 Å². The summed E-state index contributed by atoms with van der Waals surface area (Å²) in [5.41, 5.74) is 2.34. The van der Waals surface area contributed by atoms with Crippen molar-refractivity contribution in [2.24, 2.45) is 0 Å². The highest BCUT2D eigenvalue weighted by Crippen LogP contribution is 2.35. The topological polar surface area (TPSA) is 56.4 Å². The molecule has 0 radical (unpaired) electrons. The van der Waals surface area contributed by atoms with E-state index in [1.54, 1.807) is 0 Å². The molecule has 0 bridgehead atoms. The summed E-state index contributed by atoms with van der Waals surface area (Å²) in [5.74, 6) is -0.953. The van der Waals surface area contributed by atoms with Crippen molar-refractivity contribution in [1.82, 2.24) is 9.88 Å². The van der Waals surface area contributed by atoms with Crippen molar-refractivity contribution in [3.05, 3.63) is 65.4 Å². The summed E-state index contributed by atoms with van der Waals surface area (Å²) in [6, 6.07) is 11.7. The molecule has 2 aromatic carbocycles. The van der Waals surface area contributed by atoms with Crippen LogP contribution in [0.3, 0.4) is 0 Å². The first kappa shape index (κ1) is 18.9. The number of carbonyl (C=O) groups is 2. The van der Waals surface area contributed by atoms with Crippen molar-refractivity contribution < 1.29 is 22.8 Å². The smallest absolute Gasteiger partial charge is 0.357 e. The molecule has 0 unspecified atom stereocenters. The van der Waals surface area contributed by atoms with Gasteiger partial charge in [-0.3, -0.25) is 14.5 Å². The summed E-state index contributed by atoms with van der Waals surface area (Å²) in [7, 11) is 0. The van der Waals surface area contributed by atoms with E-state index >= 15 is 0 Å². The highest BCUT2D eigenvalue weighted by Gasteiger charge is 2.44. The fourth-order valence-electron chi connectivity index (χ4n) is 4.47. The number of halogens is 3. The highest BCUT2D eigenvalue weighted by atomic mass is 19.4. The molecule has 30 heavy (non-hydrogen) atoms. The lowest BCUT2D eigenvalue weighted by Gasteiger charge is -2.30. The zero-order valence-electron chi connectivity index (χ0n) is 15.9. The Balaban J connectivity index is 1.41. The number of anilines is 1. The second-order valence-corrected chi connectivity index (χ2v) is 7.68. The van der Waals surface area contributed by atoms with Gasteiger partial charge in [-0.2, -0.15) is 13.2 Å². The Morgan fingerprint density at radius 2 is 1.83 bits per heavy atom. The molecule has 1 N–H and O–H groups in total. The first-order valence-corrected chi connectivity index (χ1v) is 9.69.